The molecule has 0 spiro atoms. The molecule has 1 aromatic carbocycles. The van der Waals surface area contributed by atoms with E-state index in [2.05, 4.69) is 15.0 Å². The van der Waals surface area contributed by atoms with Gasteiger partial charge in [-0.15, -0.1) is 0 Å². The summed E-state index contributed by atoms with van der Waals surface area (Å²) in [5.74, 6) is 0.942. The van der Waals surface area contributed by atoms with Crippen molar-refractivity contribution in [1.29, 1.82) is 0 Å². The maximum atomic E-state index is 11.7. The molecule has 0 radical (unpaired) electrons. The Kier molecular flexibility index (Phi) is 4.71. The predicted octanol–water partition coefficient (Wildman–Crippen LogP) is 1.76. The van der Waals surface area contributed by atoms with Crippen molar-refractivity contribution >= 4 is 22.2 Å². The maximum absolute atomic E-state index is 11.7. The SMILES string of the molecule is COc1ccccc1C(c1sc2ncnn2c1O)N1CCN(C(C)=O)CC1. The fourth-order valence-electron chi connectivity index (χ4n) is 3.56. The van der Waals surface area contributed by atoms with Crippen LogP contribution in [-0.2, 0) is 4.79 Å². The van der Waals surface area contributed by atoms with Gasteiger partial charge in [-0.25, -0.2) is 4.98 Å². The highest BCUT2D eigenvalue weighted by molar-refractivity contribution is 7.17. The van der Waals surface area contributed by atoms with E-state index in [-0.39, 0.29) is 17.8 Å². The van der Waals surface area contributed by atoms with Crippen LogP contribution in [0.25, 0.3) is 4.96 Å². The second-order valence-corrected chi connectivity index (χ2v) is 7.44. The van der Waals surface area contributed by atoms with Crippen LogP contribution in [0.5, 0.6) is 11.6 Å². The number of methoxy groups -OCH3 is 1. The minimum atomic E-state index is -0.205. The molecule has 0 saturated carbocycles. The van der Waals surface area contributed by atoms with E-state index in [1.54, 1.807) is 14.0 Å². The Morgan fingerprint density at radius 1 is 1.26 bits per heavy atom. The number of aromatic hydroxyl groups is 1. The summed E-state index contributed by atoms with van der Waals surface area (Å²) in [6, 6.07) is 7.61. The van der Waals surface area contributed by atoms with Gasteiger partial charge in [-0.2, -0.15) is 9.61 Å². The standard InChI is InChI=1S/C18H21N5O3S/c1-12(24)21-7-9-22(10-8-21)15(13-5-3-4-6-14(13)26-2)16-17(25)23-18(27-16)19-11-20-23/h3-6,11,15,25H,7-10H2,1-2H3. The van der Waals surface area contributed by atoms with Gasteiger partial charge in [-0.3, -0.25) is 9.69 Å². The van der Waals surface area contributed by atoms with Gasteiger partial charge in [0.2, 0.25) is 16.7 Å². The van der Waals surface area contributed by atoms with Crippen LogP contribution in [0.4, 0.5) is 0 Å². The van der Waals surface area contributed by atoms with Crippen LogP contribution in [0.3, 0.4) is 0 Å². The van der Waals surface area contributed by atoms with E-state index in [1.165, 1.54) is 22.2 Å². The summed E-state index contributed by atoms with van der Waals surface area (Å²) < 4.78 is 7.04. The molecular formula is C18H21N5O3S. The zero-order valence-corrected chi connectivity index (χ0v) is 16.0. The van der Waals surface area contributed by atoms with Gasteiger partial charge >= 0.3 is 0 Å². The van der Waals surface area contributed by atoms with Gasteiger partial charge in [-0.05, 0) is 6.07 Å². The van der Waals surface area contributed by atoms with Crippen LogP contribution in [0.2, 0.25) is 0 Å². The molecule has 1 saturated heterocycles. The largest absolute Gasteiger partial charge is 0.496 e. The molecule has 1 atom stereocenters. The fraction of sp³-hybridized carbons (Fsp3) is 0.389. The average molecular weight is 387 g/mol. The normalized spacial score (nSPS) is 16.6. The van der Waals surface area contributed by atoms with Crippen molar-refractivity contribution in [3.8, 4) is 11.6 Å². The molecule has 1 fully saturated rings. The molecule has 1 N–H and O–H groups in total. The number of benzene rings is 1. The molecule has 1 aliphatic rings. The first-order valence-corrected chi connectivity index (χ1v) is 9.55. The number of piperazine rings is 1. The number of aromatic nitrogens is 3. The first-order chi connectivity index (χ1) is 13.1. The van der Waals surface area contributed by atoms with E-state index in [0.717, 1.165) is 16.2 Å². The lowest BCUT2D eigenvalue weighted by Crippen LogP contribution is -2.49. The molecule has 4 rings (SSSR count). The van der Waals surface area contributed by atoms with Crippen molar-refractivity contribution in [2.24, 2.45) is 0 Å². The van der Waals surface area contributed by atoms with Crippen molar-refractivity contribution in [2.75, 3.05) is 33.3 Å². The lowest BCUT2D eigenvalue weighted by molar-refractivity contribution is -0.130. The summed E-state index contributed by atoms with van der Waals surface area (Å²) in [6.07, 6.45) is 1.43. The summed E-state index contributed by atoms with van der Waals surface area (Å²) in [6.45, 7) is 4.31. The smallest absolute Gasteiger partial charge is 0.230 e. The number of thiazole rings is 1. The number of rotatable bonds is 4. The number of hydrogen-bond acceptors (Lipinski definition) is 7. The summed E-state index contributed by atoms with van der Waals surface area (Å²) in [5.41, 5.74) is 0.969. The third-order valence-electron chi connectivity index (χ3n) is 4.95. The lowest BCUT2D eigenvalue weighted by atomic mass is 10.0. The molecule has 1 unspecified atom stereocenters. The van der Waals surface area contributed by atoms with Gasteiger partial charge in [0.1, 0.15) is 12.1 Å². The van der Waals surface area contributed by atoms with E-state index in [1.807, 2.05) is 29.2 Å². The Labute approximate surface area is 160 Å². The maximum Gasteiger partial charge on any atom is 0.230 e. The third kappa shape index (κ3) is 3.13. The molecule has 0 bridgehead atoms. The Bertz CT molecular complexity index is 961. The summed E-state index contributed by atoms with van der Waals surface area (Å²) in [5, 5.41) is 14.9. The van der Waals surface area contributed by atoms with Crippen LogP contribution in [0, 0.1) is 0 Å². The molecule has 1 aliphatic heterocycles. The van der Waals surface area contributed by atoms with E-state index >= 15 is 0 Å². The summed E-state index contributed by atoms with van der Waals surface area (Å²) in [7, 11) is 1.65. The van der Waals surface area contributed by atoms with Gasteiger partial charge in [0.05, 0.1) is 18.0 Å². The number of carbonyl (C=O) groups is 1. The monoisotopic (exact) mass is 387 g/mol. The summed E-state index contributed by atoms with van der Waals surface area (Å²) >= 11 is 1.42. The van der Waals surface area contributed by atoms with Crippen LogP contribution >= 0.6 is 11.3 Å². The quantitative estimate of drug-likeness (QED) is 0.735. The second-order valence-electron chi connectivity index (χ2n) is 6.43. The van der Waals surface area contributed by atoms with Crippen LogP contribution < -0.4 is 4.74 Å². The van der Waals surface area contributed by atoms with Crippen molar-refractivity contribution in [3.05, 3.63) is 41.0 Å². The molecule has 3 aromatic rings. The average Bonchev–Trinajstić information content (AvgIpc) is 3.26. The molecular weight excluding hydrogens is 366 g/mol. The number of nitrogens with zero attached hydrogens (tertiary/aromatic N) is 5. The van der Waals surface area contributed by atoms with Crippen LogP contribution in [-0.4, -0.2) is 68.7 Å². The summed E-state index contributed by atoms with van der Waals surface area (Å²) in [4.78, 5) is 21.4. The Hall–Kier alpha value is -2.65. The number of fused-ring (bicyclic) bond motifs is 1. The van der Waals surface area contributed by atoms with E-state index < -0.39 is 0 Å². The Morgan fingerprint density at radius 3 is 2.67 bits per heavy atom. The third-order valence-corrected chi connectivity index (χ3v) is 6.03. The van der Waals surface area contributed by atoms with Gasteiger partial charge in [-0.1, -0.05) is 29.5 Å². The number of ether oxygens (including phenoxy) is 1. The first-order valence-electron chi connectivity index (χ1n) is 8.74. The molecule has 0 aliphatic carbocycles. The van der Waals surface area contributed by atoms with E-state index in [4.69, 9.17) is 4.74 Å². The minimum absolute atomic E-state index is 0.0881. The van der Waals surface area contributed by atoms with Crippen LogP contribution in [0.15, 0.2) is 30.6 Å². The minimum Gasteiger partial charge on any atom is -0.496 e. The fourth-order valence-corrected chi connectivity index (χ4v) is 4.65. The highest BCUT2D eigenvalue weighted by atomic mass is 32.1. The van der Waals surface area contributed by atoms with Gasteiger partial charge in [0.15, 0.2) is 0 Å². The zero-order valence-electron chi connectivity index (χ0n) is 15.2. The molecule has 27 heavy (non-hydrogen) atoms. The van der Waals surface area contributed by atoms with Gasteiger partial charge in [0.25, 0.3) is 0 Å². The number of carbonyl (C=O) groups excluding carboxylic acids is 1. The highest BCUT2D eigenvalue weighted by Gasteiger charge is 2.33. The first kappa shape index (κ1) is 17.7. The lowest BCUT2D eigenvalue weighted by Gasteiger charge is -2.39. The van der Waals surface area contributed by atoms with E-state index in [9.17, 15) is 9.90 Å². The molecule has 3 heterocycles. The highest BCUT2D eigenvalue weighted by Crippen LogP contribution is 2.42. The predicted molar refractivity (Wildman–Crippen MR) is 101 cm³/mol. The molecule has 9 heteroatoms. The van der Waals surface area contributed by atoms with E-state index in [0.29, 0.717) is 31.1 Å². The number of para-hydroxylation sites is 1. The topological polar surface area (TPSA) is 83.2 Å². The van der Waals surface area contributed by atoms with Crippen LogP contribution in [0.1, 0.15) is 23.4 Å². The van der Waals surface area contributed by atoms with Crippen molar-refractivity contribution in [1.82, 2.24) is 24.4 Å². The Morgan fingerprint density at radius 2 is 2.00 bits per heavy atom. The van der Waals surface area contributed by atoms with Crippen molar-refractivity contribution < 1.29 is 14.6 Å². The van der Waals surface area contributed by atoms with Crippen molar-refractivity contribution in [2.45, 2.75) is 13.0 Å². The van der Waals surface area contributed by atoms with Gasteiger partial charge < -0.3 is 14.7 Å². The molecule has 142 valence electrons. The molecule has 8 nitrogen and oxygen atoms in total. The van der Waals surface area contributed by atoms with Gasteiger partial charge in [0, 0.05) is 38.7 Å². The second kappa shape index (κ2) is 7.16. The Balaban J connectivity index is 1.77. The molecule has 2 aromatic heterocycles. The number of hydrogen-bond donors (Lipinski definition) is 1. The van der Waals surface area contributed by atoms with Crippen molar-refractivity contribution in [3.63, 3.8) is 0 Å². The molecule has 1 amide bonds. The zero-order chi connectivity index (χ0) is 19.0. The number of amides is 1.